The number of aromatic nitrogens is 2. The number of non-ortho nitro benzene ring substituents is 1. The maximum Gasteiger partial charge on any atom is 0.330 e. The molecule has 1 heterocycles. The van der Waals surface area contributed by atoms with Gasteiger partial charge in [0.05, 0.1) is 4.92 Å². The topological polar surface area (TPSA) is 99.6 Å². The minimum Gasteiger partial charge on any atom is -0.492 e. The Kier molecular flexibility index (Phi) is 6.89. The second-order valence-corrected chi connectivity index (χ2v) is 6.16. The zero-order valence-corrected chi connectivity index (χ0v) is 15.8. The predicted octanol–water partition coefficient (Wildman–Crippen LogP) is 0.936. The number of ether oxygens (including phenoxy) is 1. The van der Waals surface area contributed by atoms with Crippen molar-refractivity contribution in [2.45, 2.75) is 13.3 Å². The molecule has 0 aliphatic heterocycles. The molecule has 9 nitrogen and oxygen atoms in total. The van der Waals surface area contributed by atoms with Gasteiger partial charge in [-0.25, -0.2) is 4.79 Å². The van der Waals surface area contributed by atoms with Crippen molar-refractivity contribution in [3.63, 3.8) is 0 Å². The van der Waals surface area contributed by atoms with Crippen molar-refractivity contribution < 1.29 is 9.66 Å². The summed E-state index contributed by atoms with van der Waals surface area (Å²) in [6.07, 6.45) is 0.577. The molecule has 0 saturated carbocycles. The van der Waals surface area contributed by atoms with Gasteiger partial charge in [-0.15, -0.1) is 0 Å². The molecule has 2 rings (SSSR count). The summed E-state index contributed by atoms with van der Waals surface area (Å²) in [6.45, 7) is 4.59. The number of rotatable bonds is 9. The van der Waals surface area contributed by atoms with Gasteiger partial charge in [0.1, 0.15) is 12.4 Å². The average Bonchev–Trinajstić information content (AvgIpc) is 2.66. The summed E-state index contributed by atoms with van der Waals surface area (Å²) < 4.78 is 8.20. The van der Waals surface area contributed by atoms with Crippen molar-refractivity contribution in [3.8, 4) is 5.75 Å². The monoisotopic (exact) mass is 376 g/mol. The molecule has 1 aromatic carbocycles. The number of benzene rings is 1. The van der Waals surface area contributed by atoms with Crippen molar-refractivity contribution in [2.75, 3.05) is 26.2 Å². The number of nitrogens with zero attached hydrogens (tertiary/aromatic N) is 4. The van der Waals surface area contributed by atoms with Gasteiger partial charge in [0.2, 0.25) is 0 Å². The van der Waals surface area contributed by atoms with Gasteiger partial charge in [0.15, 0.2) is 0 Å². The first-order valence-electron chi connectivity index (χ1n) is 8.69. The van der Waals surface area contributed by atoms with Crippen LogP contribution in [0.1, 0.15) is 12.6 Å². The Bertz CT molecular complexity index is 901. The van der Waals surface area contributed by atoms with Crippen LogP contribution >= 0.6 is 0 Å². The summed E-state index contributed by atoms with van der Waals surface area (Å²) in [5.41, 5.74) is 0.0784. The van der Waals surface area contributed by atoms with E-state index in [0.717, 1.165) is 11.1 Å². The highest BCUT2D eigenvalue weighted by Crippen LogP contribution is 2.17. The van der Waals surface area contributed by atoms with Gasteiger partial charge in [-0.2, -0.15) is 0 Å². The molecule has 1 aromatic heterocycles. The Morgan fingerprint density at radius 1 is 1.11 bits per heavy atom. The van der Waals surface area contributed by atoms with Crippen LogP contribution in [0.4, 0.5) is 5.69 Å². The Morgan fingerprint density at radius 3 is 2.37 bits per heavy atom. The zero-order valence-electron chi connectivity index (χ0n) is 15.8. The zero-order chi connectivity index (χ0) is 20.0. The summed E-state index contributed by atoms with van der Waals surface area (Å²) >= 11 is 0. The summed E-state index contributed by atoms with van der Waals surface area (Å²) in [5, 5.41) is 10.6. The van der Waals surface area contributed by atoms with Crippen LogP contribution in [0.15, 0.2) is 39.9 Å². The second-order valence-electron chi connectivity index (χ2n) is 6.16. The van der Waals surface area contributed by atoms with Crippen LogP contribution in [0.25, 0.3) is 0 Å². The molecule has 0 fully saturated rings. The highest BCUT2D eigenvalue weighted by molar-refractivity contribution is 5.35. The lowest BCUT2D eigenvalue weighted by molar-refractivity contribution is -0.384. The fourth-order valence-electron chi connectivity index (χ4n) is 2.68. The lowest BCUT2D eigenvalue weighted by atomic mass is 10.2. The number of hydrogen-bond donors (Lipinski definition) is 0. The maximum absolute atomic E-state index is 12.0. The molecule has 0 N–H and O–H groups in total. The van der Waals surface area contributed by atoms with Crippen molar-refractivity contribution in [3.05, 3.63) is 67.0 Å². The molecule has 0 radical (unpaired) electrons. The molecule has 2 aromatic rings. The Morgan fingerprint density at radius 2 is 1.78 bits per heavy atom. The van der Waals surface area contributed by atoms with Crippen LogP contribution in [-0.4, -0.2) is 45.2 Å². The molecule has 0 bridgehead atoms. The Labute approximate surface area is 156 Å². The van der Waals surface area contributed by atoms with Gasteiger partial charge < -0.3 is 9.30 Å². The molecule has 0 aliphatic carbocycles. The lowest BCUT2D eigenvalue weighted by Crippen LogP contribution is -2.39. The number of likely N-dealkylation sites (N-methyl/N-ethyl adjacent to an activating group) is 1. The van der Waals surface area contributed by atoms with Gasteiger partial charge in [0, 0.05) is 57.5 Å². The van der Waals surface area contributed by atoms with Gasteiger partial charge in [-0.3, -0.25) is 24.4 Å². The van der Waals surface area contributed by atoms with Crippen molar-refractivity contribution in [1.29, 1.82) is 0 Å². The first-order valence-corrected chi connectivity index (χ1v) is 8.69. The fraction of sp³-hybridized carbons (Fsp3) is 0.444. The standard InChI is InChI=1S/C18H24N4O5/c1-4-21(10-9-15-13-17(23)20(3)18(24)19(15)2)11-12-27-16-7-5-14(6-8-16)22(25)26/h5-8,13H,4,9-12H2,1-3H3. The van der Waals surface area contributed by atoms with Gasteiger partial charge in [-0.05, 0) is 18.7 Å². The van der Waals surface area contributed by atoms with Crippen molar-refractivity contribution in [1.82, 2.24) is 14.0 Å². The van der Waals surface area contributed by atoms with Crippen LogP contribution < -0.4 is 16.0 Å². The minimum atomic E-state index is -0.452. The maximum atomic E-state index is 12.0. The third-order valence-corrected chi connectivity index (χ3v) is 4.48. The summed E-state index contributed by atoms with van der Waals surface area (Å²) in [4.78, 5) is 36.1. The van der Waals surface area contributed by atoms with E-state index >= 15 is 0 Å². The second kappa shape index (κ2) is 9.13. The highest BCUT2D eigenvalue weighted by atomic mass is 16.6. The number of nitro groups is 1. The van der Waals surface area contributed by atoms with E-state index in [-0.39, 0.29) is 16.9 Å². The molecule has 0 spiro atoms. The summed E-state index contributed by atoms with van der Waals surface area (Å²) in [6, 6.07) is 7.45. The Hall–Kier alpha value is -2.94. The van der Waals surface area contributed by atoms with Crippen molar-refractivity contribution in [2.24, 2.45) is 14.1 Å². The predicted molar refractivity (Wildman–Crippen MR) is 101 cm³/mol. The molecule has 0 unspecified atom stereocenters. The van der Waals surface area contributed by atoms with E-state index in [1.807, 2.05) is 6.92 Å². The minimum absolute atomic E-state index is 0.0251. The number of hydrogen-bond acceptors (Lipinski definition) is 6. The van der Waals surface area contributed by atoms with Crippen LogP contribution in [-0.2, 0) is 20.5 Å². The molecule has 146 valence electrons. The SMILES string of the molecule is CCN(CCOc1ccc([N+](=O)[O-])cc1)CCc1cc(=O)n(C)c(=O)n1C. The van der Waals surface area contributed by atoms with E-state index in [9.17, 15) is 19.7 Å². The summed E-state index contributed by atoms with van der Waals surface area (Å²) in [5.74, 6) is 0.575. The third-order valence-electron chi connectivity index (χ3n) is 4.48. The van der Waals surface area contributed by atoms with Gasteiger partial charge in [-0.1, -0.05) is 6.92 Å². The summed E-state index contributed by atoms with van der Waals surface area (Å²) in [7, 11) is 3.12. The van der Waals surface area contributed by atoms with Crippen LogP contribution in [0.3, 0.4) is 0 Å². The van der Waals surface area contributed by atoms with Gasteiger partial charge >= 0.3 is 5.69 Å². The first-order chi connectivity index (χ1) is 12.8. The first kappa shape index (κ1) is 20.4. The van der Waals surface area contributed by atoms with Crippen LogP contribution in [0.2, 0.25) is 0 Å². The fourth-order valence-corrected chi connectivity index (χ4v) is 2.68. The van der Waals surface area contributed by atoms with E-state index in [1.54, 1.807) is 19.2 Å². The molecule has 0 saturated heterocycles. The van der Waals surface area contributed by atoms with Crippen molar-refractivity contribution >= 4 is 5.69 Å². The average molecular weight is 376 g/mol. The highest BCUT2D eigenvalue weighted by Gasteiger charge is 2.09. The lowest BCUT2D eigenvalue weighted by Gasteiger charge is -2.21. The number of nitro benzene ring substituents is 1. The largest absolute Gasteiger partial charge is 0.492 e. The molecule has 0 atom stereocenters. The van der Waals surface area contributed by atoms with Gasteiger partial charge in [0.25, 0.3) is 11.2 Å². The van der Waals surface area contributed by atoms with E-state index in [4.69, 9.17) is 4.74 Å². The van der Waals surface area contributed by atoms with E-state index in [0.29, 0.717) is 37.6 Å². The Balaban J connectivity index is 1.88. The molecular formula is C18H24N4O5. The molecular weight excluding hydrogens is 352 g/mol. The van der Waals surface area contributed by atoms with Crippen LogP contribution in [0.5, 0.6) is 5.75 Å². The van der Waals surface area contributed by atoms with E-state index in [1.165, 1.54) is 29.8 Å². The molecule has 27 heavy (non-hydrogen) atoms. The van der Waals surface area contributed by atoms with E-state index < -0.39 is 4.92 Å². The van der Waals surface area contributed by atoms with Crippen LogP contribution in [0, 0.1) is 10.1 Å². The molecule has 0 aliphatic rings. The smallest absolute Gasteiger partial charge is 0.330 e. The molecule has 0 amide bonds. The molecule has 9 heteroatoms. The quantitative estimate of drug-likeness (QED) is 0.477. The van der Waals surface area contributed by atoms with E-state index in [2.05, 4.69) is 4.90 Å². The third kappa shape index (κ3) is 5.27. The normalized spacial score (nSPS) is 11.0.